The van der Waals surface area contributed by atoms with Crippen LogP contribution in [-0.4, -0.2) is 19.1 Å². The molecule has 1 aliphatic heterocycles. The van der Waals surface area contributed by atoms with Crippen LogP contribution in [0.5, 0.6) is 11.5 Å². The van der Waals surface area contributed by atoms with E-state index < -0.39 is 0 Å². The molecule has 0 bridgehead atoms. The quantitative estimate of drug-likeness (QED) is 0.806. The Labute approximate surface area is 165 Å². The van der Waals surface area contributed by atoms with Crippen LogP contribution < -0.4 is 14.8 Å². The number of hydrogen-bond donors (Lipinski definition) is 1. The highest BCUT2D eigenvalue weighted by atomic mass is 35.5. The Morgan fingerprint density at radius 2 is 2.04 bits per heavy atom. The van der Waals surface area contributed by atoms with Gasteiger partial charge in [0.1, 0.15) is 11.5 Å². The van der Waals surface area contributed by atoms with Crippen LogP contribution in [0.2, 0.25) is 5.02 Å². The Morgan fingerprint density at radius 1 is 1.26 bits per heavy atom. The number of ether oxygens (including phenoxy) is 2. The summed E-state index contributed by atoms with van der Waals surface area (Å²) in [7, 11) is 0. The molecule has 0 aliphatic carbocycles. The molecular formula is C22H26ClNO3. The number of benzene rings is 2. The molecule has 144 valence electrons. The predicted molar refractivity (Wildman–Crippen MR) is 108 cm³/mol. The lowest BCUT2D eigenvalue weighted by Crippen LogP contribution is -2.35. The summed E-state index contributed by atoms with van der Waals surface area (Å²) in [5.41, 5.74) is 3.12. The second kappa shape index (κ2) is 7.81. The van der Waals surface area contributed by atoms with Gasteiger partial charge in [-0.15, -0.1) is 0 Å². The molecule has 0 fully saturated rings. The van der Waals surface area contributed by atoms with Crippen LogP contribution >= 0.6 is 11.6 Å². The maximum atomic E-state index is 12.5. The molecule has 1 atom stereocenters. The highest BCUT2D eigenvalue weighted by molar-refractivity contribution is 6.30. The average Bonchev–Trinajstić information content (AvgIpc) is 2.60. The Hall–Kier alpha value is -2.20. The molecule has 0 saturated heterocycles. The van der Waals surface area contributed by atoms with Crippen LogP contribution in [0.15, 0.2) is 36.4 Å². The molecule has 2 aromatic rings. The van der Waals surface area contributed by atoms with Gasteiger partial charge in [0.15, 0.2) is 6.61 Å². The molecule has 1 amide bonds. The van der Waals surface area contributed by atoms with Gasteiger partial charge in [-0.3, -0.25) is 4.79 Å². The highest BCUT2D eigenvalue weighted by Gasteiger charge is 2.24. The van der Waals surface area contributed by atoms with Crippen molar-refractivity contribution in [3.8, 4) is 11.5 Å². The minimum Gasteiger partial charge on any atom is -0.493 e. The number of halogens is 1. The monoisotopic (exact) mass is 387 g/mol. The minimum absolute atomic E-state index is 0.0284. The number of hydrogen-bond acceptors (Lipinski definition) is 3. The third kappa shape index (κ3) is 4.75. The summed E-state index contributed by atoms with van der Waals surface area (Å²) in [5, 5.41) is 3.67. The van der Waals surface area contributed by atoms with Crippen LogP contribution in [-0.2, 0) is 10.2 Å². The zero-order valence-corrected chi connectivity index (χ0v) is 17.0. The predicted octanol–water partition coefficient (Wildman–Crippen LogP) is 4.96. The second-order valence-electron chi connectivity index (χ2n) is 7.98. The number of fused-ring (bicyclic) bond motifs is 1. The van der Waals surface area contributed by atoms with Crippen LogP contribution in [0.1, 0.15) is 49.9 Å². The molecule has 27 heavy (non-hydrogen) atoms. The van der Waals surface area contributed by atoms with Crippen molar-refractivity contribution >= 4 is 17.5 Å². The first-order valence-electron chi connectivity index (χ1n) is 9.19. The molecular weight excluding hydrogens is 362 g/mol. The first-order valence-corrected chi connectivity index (χ1v) is 9.57. The van der Waals surface area contributed by atoms with Crippen LogP contribution in [0.25, 0.3) is 0 Å². The highest BCUT2D eigenvalue weighted by Crippen LogP contribution is 2.34. The van der Waals surface area contributed by atoms with E-state index >= 15 is 0 Å². The normalized spacial score (nSPS) is 16.3. The third-order valence-electron chi connectivity index (χ3n) is 4.65. The van der Waals surface area contributed by atoms with Crippen molar-refractivity contribution in [3.63, 3.8) is 0 Å². The topological polar surface area (TPSA) is 47.6 Å². The van der Waals surface area contributed by atoms with E-state index in [0.717, 1.165) is 22.6 Å². The summed E-state index contributed by atoms with van der Waals surface area (Å²) in [6, 6.07) is 11.4. The maximum Gasteiger partial charge on any atom is 0.258 e. The molecule has 1 heterocycles. The van der Waals surface area contributed by atoms with Gasteiger partial charge in [0.2, 0.25) is 0 Å². The summed E-state index contributed by atoms with van der Waals surface area (Å²) in [5.74, 6) is 1.36. The number of rotatable bonds is 4. The largest absolute Gasteiger partial charge is 0.493 e. The molecule has 4 nitrogen and oxygen atoms in total. The second-order valence-corrected chi connectivity index (χ2v) is 8.41. The van der Waals surface area contributed by atoms with Crippen molar-refractivity contribution in [1.82, 2.24) is 5.32 Å². The van der Waals surface area contributed by atoms with Gasteiger partial charge in [-0.05, 0) is 42.2 Å². The fraction of sp³-hybridized carbons (Fsp3) is 0.409. The van der Waals surface area contributed by atoms with E-state index in [2.05, 4.69) is 39.1 Å². The standard InChI is InChI=1S/C22H26ClNO3/c1-14-5-7-20(17(11-14)22(2,3)4)27-13-21(25)24-18-9-10-26-19-8-6-15(23)12-16(18)19/h5-8,11-12,18H,9-10,13H2,1-4H3,(H,24,25). The summed E-state index contributed by atoms with van der Waals surface area (Å²) in [6.07, 6.45) is 0.705. The van der Waals surface area contributed by atoms with Gasteiger partial charge in [-0.2, -0.15) is 0 Å². The zero-order chi connectivity index (χ0) is 19.6. The van der Waals surface area contributed by atoms with Gasteiger partial charge in [-0.25, -0.2) is 0 Å². The molecule has 1 unspecified atom stereocenters. The number of aryl methyl sites for hydroxylation is 1. The fourth-order valence-corrected chi connectivity index (χ4v) is 3.43. The van der Waals surface area contributed by atoms with Gasteiger partial charge in [0.25, 0.3) is 5.91 Å². The van der Waals surface area contributed by atoms with E-state index in [1.165, 1.54) is 5.56 Å². The molecule has 1 N–H and O–H groups in total. The lowest BCUT2D eigenvalue weighted by atomic mass is 9.85. The Balaban J connectivity index is 1.68. The summed E-state index contributed by atoms with van der Waals surface area (Å²) < 4.78 is 11.5. The Kier molecular flexibility index (Phi) is 5.66. The summed E-state index contributed by atoms with van der Waals surface area (Å²) in [6.45, 7) is 9.00. The molecule has 0 saturated carbocycles. The summed E-state index contributed by atoms with van der Waals surface area (Å²) in [4.78, 5) is 12.5. The van der Waals surface area contributed by atoms with Crippen molar-refractivity contribution in [1.29, 1.82) is 0 Å². The van der Waals surface area contributed by atoms with Crippen molar-refractivity contribution in [3.05, 3.63) is 58.1 Å². The van der Waals surface area contributed by atoms with E-state index in [0.29, 0.717) is 18.1 Å². The van der Waals surface area contributed by atoms with Crippen molar-refractivity contribution < 1.29 is 14.3 Å². The molecule has 0 aromatic heterocycles. The lowest BCUT2D eigenvalue weighted by molar-refractivity contribution is -0.124. The van der Waals surface area contributed by atoms with Crippen LogP contribution in [0.3, 0.4) is 0 Å². The first kappa shape index (κ1) is 19.6. The third-order valence-corrected chi connectivity index (χ3v) is 4.88. The van der Waals surface area contributed by atoms with Crippen LogP contribution in [0.4, 0.5) is 0 Å². The molecule has 5 heteroatoms. The van der Waals surface area contributed by atoms with E-state index in [-0.39, 0.29) is 24.0 Å². The van der Waals surface area contributed by atoms with E-state index in [1.54, 1.807) is 6.07 Å². The van der Waals surface area contributed by atoms with Gasteiger partial charge in [0, 0.05) is 17.0 Å². The minimum atomic E-state index is -0.159. The van der Waals surface area contributed by atoms with Gasteiger partial charge >= 0.3 is 0 Å². The number of carbonyl (C=O) groups excluding carboxylic acids is 1. The SMILES string of the molecule is Cc1ccc(OCC(=O)NC2CCOc3ccc(Cl)cc32)c(C(C)(C)C)c1. The smallest absolute Gasteiger partial charge is 0.258 e. The maximum absolute atomic E-state index is 12.5. The molecule has 0 radical (unpaired) electrons. The number of nitrogens with one attached hydrogen (secondary N) is 1. The Morgan fingerprint density at radius 3 is 2.78 bits per heavy atom. The van der Waals surface area contributed by atoms with Crippen molar-refractivity contribution in [2.24, 2.45) is 0 Å². The molecule has 0 spiro atoms. The molecule has 1 aliphatic rings. The molecule has 2 aromatic carbocycles. The summed E-state index contributed by atoms with van der Waals surface area (Å²) >= 11 is 6.10. The lowest BCUT2D eigenvalue weighted by Gasteiger charge is -2.27. The number of amides is 1. The average molecular weight is 388 g/mol. The fourth-order valence-electron chi connectivity index (χ4n) is 3.25. The Bertz CT molecular complexity index is 842. The van der Waals surface area contributed by atoms with Gasteiger partial charge in [0.05, 0.1) is 12.6 Å². The number of carbonyl (C=O) groups is 1. The van der Waals surface area contributed by atoms with E-state index in [1.807, 2.05) is 24.3 Å². The van der Waals surface area contributed by atoms with Crippen molar-refractivity contribution in [2.75, 3.05) is 13.2 Å². The van der Waals surface area contributed by atoms with Crippen LogP contribution in [0, 0.1) is 6.92 Å². The van der Waals surface area contributed by atoms with Crippen molar-refractivity contribution in [2.45, 2.75) is 45.6 Å². The molecule has 3 rings (SSSR count). The zero-order valence-electron chi connectivity index (χ0n) is 16.3. The van der Waals surface area contributed by atoms with Gasteiger partial charge in [-0.1, -0.05) is 50.1 Å². The first-order chi connectivity index (χ1) is 12.7. The van der Waals surface area contributed by atoms with E-state index in [4.69, 9.17) is 21.1 Å². The van der Waals surface area contributed by atoms with Gasteiger partial charge < -0.3 is 14.8 Å². The van der Waals surface area contributed by atoms with E-state index in [9.17, 15) is 4.79 Å².